The largest absolute Gasteiger partial charge is 0.508 e. The van der Waals surface area contributed by atoms with Gasteiger partial charge in [0.1, 0.15) is 11.6 Å². The SMILES string of the molecule is COc1cc(Cc2cnc(N)nc2N)cc(-c2cccc(O)c2)c1OC. The quantitative estimate of drug-likeness (QED) is 0.646. The number of phenols is 1. The summed E-state index contributed by atoms with van der Waals surface area (Å²) in [5, 5.41) is 9.81. The van der Waals surface area contributed by atoms with E-state index < -0.39 is 0 Å². The Balaban J connectivity index is 2.10. The van der Waals surface area contributed by atoms with Crippen LogP contribution in [0.3, 0.4) is 0 Å². The van der Waals surface area contributed by atoms with E-state index in [0.717, 1.165) is 22.3 Å². The lowest BCUT2D eigenvalue weighted by molar-refractivity contribution is 0.356. The number of phenolic OH excluding ortho intramolecular Hbond substituents is 1. The molecule has 1 aromatic heterocycles. The molecule has 5 N–H and O–H groups in total. The van der Waals surface area contributed by atoms with E-state index >= 15 is 0 Å². The Hall–Kier alpha value is -3.48. The van der Waals surface area contributed by atoms with Crippen LogP contribution in [0.15, 0.2) is 42.6 Å². The third-order valence-corrected chi connectivity index (χ3v) is 4.01. The van der Waals surface area contributed by atoms with Crippen LogP contribution in [-0.2, 0) is 6.42 Å². The topological polar surface area (TPSA) is 117 Å². The molecule has 0 aliphatic heterocycles. The highest BCUT2D eigenvalue weighted by atomic mass is 16.5. The second-order valence-electron chi connectivity index (χ2n) is 5.74. The summed E-state index contributed by atoms with van der Waals surface area (Å²) in [5.41, 5.74) is 14.8. The molecular weight excluding hydrogens is 332 g/mol. The van der Waals surface area contributed by atoms with Crippen molar-refractivity contribution in [3.8, 4) is 28.4 Å². The van der Waals surface area contributed by atoms with Gasteiger partial charge in [-0.3, -0.25) is 0 Å². The van der Waals surface area contributed by atoms with Gasteiger partial charge in [-0.2, -0.15) is 4.98 Å². The number of hydrogen-bond donors (Lipinski definition) is 3. The Morgan fingerprint density at radius 3 is 2.54 bits per heavy atom. The molecule has 3 aromatic rings. The average Bonchev–Trinajstić information content (AvgIpc) is 2.63. The summed E-state index contributed by atoms with van der Waals surface area (Å²) in [5.74, 6) is 1.82. The number of aromatic nitrogens is 2. The van der Waals surface area contributed by atoms with E-state index in [1.54, 1.807) is 38.6 Å². The summed E-state index contributed by atoms with van der Waals surface area (Å²) in [7, 11) is 3.16. The summed E-state index contributed by atoms with van der Waals surface area (Å²) in [6.07, 6.45) is 2.11. The number of aromatic hydroxyl groups is 1. The number of benzene rings is 2. The first-order valence-corrected chi connectivity index (χ1v) is 7.93. The van der Waals surface area contributed by atoms with Crippen molar-refractivity contribution >= 4 is 11.8 Å². The third-order valence-electron chi connectivity index (χ3n) is 4.01. The van der Waals surface area contributed by atoms with Crippen molar-refractivity contribution in [2.45, 2.75) is 6.42 Å². The Labute approximate surface area is 151 Å². The van der Waals surface area contributed by atoms with Gasteiger partial charge >= 0.3 is 0 Å². The molecule has 7 nitrogen and oxygen atoms in total. The highest BCUT2D eigenvalue weighted by molar-refractivity contribution is 5.76. The van der Waals surface area contributed by atoms with Crippen molar-refractivity contribution in [3.05, 3.63) is 53.7 Å². The first-order valence-electron chi connectivity index (χ1n) is 7.93. The molecule has 0 fully saturated rings. The Bertz CT molecular complexity index is 944. The van der Waals surface area contributed by atoms with Gasteiger partial charge in [0, 0.05) is 23.7 Å². The molecular formula is C19H20N4O3. The monoisotopic (exact) mass is 352 g/mol. The first kappa shape index (κ1) is 17.3. The van der Waals surface area contributed by atoms with Gasteiger partial charge in [-0.25, -0.2) is 4.98 Å². The van der Waals surface area contributed by atoms with E-state index in [0.29, 0.717) is 23.7 Å². The van der Waals surface area contributed by atoms with E-state index in [1.165, 1.54) is 0 Å². The van der Waals surface area contributed by atoms with E-state index in [4.69, 9.17) is 20.9 Å². The van der Waals surface area contributed by atoms with Crippen LogP contribution in [0.4, 0.5) is 11.8 Å². The lowest BCUT2D eigenvalue weighted by Gasteiger charge is -2.16. The summed E-state index contributed by atoms with van der Waals surface area (Å²) < 4.78 is 11.0. The standard InChI is InChI=1S/C19H20N4O3/c1-25-16-8-11(6-13-10-22-19(21)23-18(13)20)7-15(17(16)26-2)12-4-3-5-14(24)9-12/h3-5,7-10,24H,6H2,1-2H3,(H4,20,21,22,23). The van der Waals surface area contributed by atoms with Gasteiger partial charge in [-0.05, 0) is 35.4 Å². The van der Waals surface area contributed by atoms with Gasteiger partial charge in [-0.1, -0.05) is 12.1 Å². The predicted octanol–water partition coefficient (Wildman–Crippen LogP) is 2.62. The van der Waals surface area contributed by atoms with Crippen LogP contribution in [0.1, 0.15) is 11.1 Å². The third kappa shape index (κ3) is 3.46. The fourth-order valence-corrected chi connectivity index (χ4v) is 2.80. The highest BCUT2D eigenvalue weighted by Gasteiger charge is 2.16. The second kappa shape index (κ2) is 7.18. The maximum Gasteiger partial charge on any atom is 0.221 e. The van der Waals surface area contributed by atoms with E-state index in [-0.39, 0.29) is 11.7 Å². The zero-order valence-electron chi connectivity index (χ0n) is 14.6. The van der Waals surface area contributed by atoms with Gasteiger partial charge in [0.25, 0.3) is 0 Å². The lowest BCUT2D eigenvalue weighted by Crippen LogP contribution is -2.04. The minimum absolute atomic E-state index is 0.138. The summed E-state index contributed by atoms with van der Waals surface area (Å²) in [6.45, 7) is 0. The number of methoxy groups -OCH3 is 2. The number of nitrogens with two attached hydrogens (primary N) is 2. The predicted molar refractivity (Wildman–Crippen MR) is 100 cm³/mol. The molecule has 134 valence electrons. The fourth-order valence-electron chi connectivity index (χ4n) is 2.80. The van der Waals surface area contributed by atoms with Gasteiger partial charge in [0.05, 0.1) is 14.2 Å². The molecule has 0 spiro atoms. The minimum Gasteiger partial charge on any atom is -0.508 e. The van der Waals surface area contributed by atoms with E-state index in [1.807, 2.05) is 18.2 Å². The molecule has 26 heavy (non-hydrogen) atoms. The van der Waals surface area contributed by atoms with Crippen LogP contribution in [0.2, 0.25) is 0 Å². The molecule has 0 atom stereocenters. The molecule has 0 bridgehead atoms. The second-order valence-corrected chi connectivity index (χ2v) is 5.74. The number of nitrogen functional groups attached to an aromatic ring is 2. The summed E-state index contributed by atoms with van der Waals surface area (Å²) in [6, 6.07) is 10.8. The Morgan fingerprint density at radius 1 is 1.08 bits per heavy atom. The molecule has 0 aliphatic rings. The minimum atomic E-state index is 0.138. The molecule has 0 radical (unpaired) electrons. The molecule has 2 aromatic carbocycles. The van der Waals surface area contributed by atoms with Crippen molar-refractivity contribution in [1.29, 1.82) is 0 Å². The van der Waals surface area contributed by atoms with Crippen LogP contribution < -0.4 is 20.9 Å². The zero-order valence-corrected chi connectivity index (χ0v) is 14.6. The molecule has 0 aliphatic carbocycles. The maximum atomic E-state index is 9.81. The Kier molecular flexibility index (Phi) is 4.79. The zero-order chi connectivity index (χ0) is 18.7. The molecule has 7 heteroatoms. The van der Waals surface area contributed by atoms with Gasteiger partial charge in [0.15, 0.2) is 11.5 Å². The van der Waals surface area contributed by atoms with Crippen LogP contribution in [0.25, 0.3) is 11.1 Å². The number of rotatable bonds is 5. The van der Waals surface area contributed by atoms with Gasteiger partial charge in [0.2, 0.25) is 5.95 Å². The molecule has 1 heterocycles. The van der Waals surface area contributed by atoms with Crippen molar-refractivity contribution in [2.24, 2.45) is 0 Å². The molecule has 0 amide bonds. The van der Waals surface area contributed by atoms with Crippen LogP contribution in [0.5, 0.6) is 17.2 Å². The number of hydrogen-bond acceptors (Lipinski definition) is 7. The van der Waals surface area contributed by atoms with Crippen molar-refractivity contribution in [3.63, 3.8) is 0 Å². The average molecular weight is 352 g/mol. The number of anilines is 2. The summed E-state index contributed by atoms with van der Waals surface area (Å²) >= 11 is 0. The fraction of sp³-hybridized carbons (Fsp3) is 0.158. The van der Waals surface area contributed by atoms with E-state index in [2.05, 4.69) is 9.97 Å². The summed E-state index contributed by atoms with van der Waals surface area (Å²) in [4.78, 5) is 8.00. The van der Waals surface area contributed by atoms with Crippen LogP contribution in [-0.4, -0.2) is 29.3 Å². The van der Waals surface area contributed by atoms with E-state index in [9.17, 15) is 5.11 Å². The van der Waals surface area contributed by atoms with Gasteiger partial charge in [-0.15, -0.1) is 0 Å². The number of ether oxygens (including phenoxy) is 2. The highest BCUT2D eigenvalue weighted by Crippen LogP contribution is 2.40. The molecule has 0 saturated carbocycles. The molecule has 0 saturated heterocycles. The first-order chi connectivity index (χ1) is 12.5. The normalized spacial score (nSPS) is 10.5. The number of nitrogens with zero attached hydrogens (tertiary/aromatic N) is 2. The smallest absolute Gasteiger partial charge is 0.221 e. The lowest BCUT2D eigenvalue weighted by atomic mass is 9.98. The van der Waals surface area contributed by atoms with Crippen LogP contribution in [0, 0.1) is 0 Å². The molecule has 0 unspecified atom stereocenters. The van der Waals surface area contributed by atoms with Crippen molar-refractivity contribution < 1.29 is 14.6 Å². The van der Waals surface area contributed by atoms with Crippen LogP contribution >= 0.6 is 0 Å². The van der Waals surface area contributed by atoms with Crippen molar-refractivity contribution in [2.75, 3.05) is 25.7 Å². The van der Waals surface area contributed by atoms with Gasteiger partial charge < -0.3 is 26.0 Å². The van der Waals surface area contributed by atoms with Crippen molar-refractivity contribution in [1.82, 2.24) is 9.97 Å². The molecule has 3 rings (SSSR count). The maximum absolute atomic E-state index is 9.81. The Morgan fingerprint density at radius 2 is 1.88 bits per heavy atom.